The van der Waals surface area contributed by atoms with Gasteiger partial charge in [-0.15, -0.1) is 0 Å². The van der Waals surface area contributed by atoms with Gasteiger partial charge in [-0.3, -0.25) is 24.4 Å². The lowest BCUT2D eigenvalue weighted by Crippen LogP contribution is -2.36. The second-order valence-electron chi connectivity index (χ2n) is 10.1. The highest BCUT2D eigenvalue weighted by Gasteiger charge is 2.34. The Morgan fingerprint density at radius 2 is 1.97 bits per heavy atom. The molecule has 2 aliphatic heterocycles. The molecular weight excluding hydrogens is 497 g/mol. The minimum Gasteiger partial charge on any atom is -0.392 e. The van der Waals surface area contributed by atoms with E-state index < -0.39 is 17.8 Å². The third-order valence-corrected chi connectivity index (χ3v) is 7.50. The van der Waals surface area contributed by atoms with Crippen LogP contribution in [0.15, 0.2) is 73.1 Å². The van der Waals surface area contributed by atoms with Crippen molar-refractivity contribution < 1.29 is 19.1 Å². The summed E-state index contributed by atoms with van der Waals surface area (Å²) in [6.07, 6.45) is 1.98. The van der Waals surface area contributed by atoms with Crippen LogP contribution in [-0.2, 0) is 13.1 Å². The van der Waals surface area contributed by atoms with Crippen molar-refractivity contribution in [1.29, 1.82) is 0 Å². The molecule has 0 spiro atoms. The van der Waals surface area contributed by atoms with Gasteiger partial charge in [0.25, 0.3) is 0 Å². The molecule has 0 saturated carbocycles. The van der Waals surface area contributed by atoms with Gasteiger partial charge >= 0.3 is 0 Å². The molecule has 3 aromatic carbocycles. The van der Waals surface area contributed by atoms with Crippen molar-refractivity contribution >= 4 is 11.7 Å². The van der Waals surface area contributed by atoms with E-state index in [9.17, 15) is 14.7 Å². The van der Waals surface area contributed by atoms with Gasteiger partial charge in [-0.25, -0.2) is 9.37 Å². The molecule has 8 nitrogen and oxygen atoms in total. The van der Waals surface area contributed by atoms with Gasteiger partial charge in [0.2, 0.25) is 11.7 Å². The van der Waals surface area contributed by atoms with Gasteiger partial charge in [0, 0.05) is 43.0 Å². The van der Waals surface area contributed by atoms with Gasteiger partial charge in [0.15, 0.2) is 0 Å². The number of carbonyl (C=O) groups is 2. The van der Waals surface area contributed by atoms with Crippen LogP contribution in [0.4, 0.5) is 4.39 Å². The lowest BCUT2D eigenvalue weighted by atomic mass is 9.92. The number of Topliss-reactive ketones (excluding diaryl/α,β-unsaturated/α-hetero) is 1. The van der Waals surface area contributed by atoms with E-state index in [0.29, 0.717) is 42.3 Å². The first-order chi connectivity index (χ1) is 18.9. The average Bonchev–Trinajstić information content (AvgIpc) is 3.56. The molecule has 1 unspecified atom stereocenters. The Hall–Kier alpha value is -4.18. The van der Waals surface area contributed by atoms with Crippen molar-refractivity contribution in [3.63, 3.8) is 0 Å². The third kappa shape index (κ3) is 4.76. The molecule has 9 heteroatoms. The number of ketones is 1. The fraction of sp³-hybridized carbons (Fsp3) is 0.233. The van der Waals surface area contributed by atoms with E-state index in [-0.39, 0.29) is 17.5 Å². The number of imidazole rings is 1. The van der Waals surface area contributed by atoms with E-state index in [1.165, 1.54) is 12.4 Å². The number of primary amides is 1. The van der Waals surface area contributed by atoms with Crippen molar-refractivity contribution in [2.45, 2.75) is 31.7 Å². The maximum Gasteiger partial charge on any atom is 0.248 e. The van der Waals surface area contributed by atoms with Gasteiger partial charge < -0.3 is 10.8 Å². The molecule has 1 saturated heterocycles. The molecule has 0 radical (unpaired) electrons. The summed E-state index contributed by atoms with van der Waals surface area (Å²) in [6, 6.07) is 18.6. The average molecular weight is 526 g/mol. The number of nitrogens with zero attached hydrogens (tertiary/aromatic N) is 3. The van der Waals surface area contributed by atoms with Crippen LogP contribution in [-0.4, -0.2) is 50.4 Å². The smallest absolute Gasteiger partial charge is 0.248 e. The number of likely N-dealkylation sites (tertiary alicyclic amines) is 1. The lowest BCUT2D eigenvalue weighted by molar-refractivity contribution is 0.0919. The molecule has 1 fully saturated rings. The van der Waals surface area contributed by atoms with Crippen LogP contribution in [0.3, 0.4) is 0 Å². The molecule has 1 amide bonds. The number of hydrogen-bond acceptors (Lipinski definition) is 6. The highest BCUT2D eigenvalue weighted by molar-refractivity contribution is 6.02. The largest absolute Gasteiger partial charge is 0.392 e. The Morgan fingerprint density at radius 1 is 1.13 bits per heavy atom. The maximum absolute atomic E-state index is 15.6. The summed E-state index contributed by atoms with van der Waals surface area (Å²) in [4.78, 5) is 31.9. The maximum atomic E-state index is 15.6. The zero-order valence-electron chi connectivity index (χ0n) is 21.2. The normalized spacial score (nSPS) is 19.3. The number of halogens is 1. The first-order valence-corrected chi connectivity index (χ1v) is 12.9. The summed E-state index contributed by atoms with van der Waals surface area (Å²) in [6.45, 7) is 2.41. The number of nitrogens with one attached hydrogen (secondary N) is 1. The van der Waals surface area contributed by atoms with Gasteiger partial charge in [-0.2, -0.15) is 0 Å². The van der Waals surface area contributed by atoms with Crippen LogP contribution >= 0.6 is 0 Å². The number of rotatable bonds is 6. The fourth-order valence-electron chi connectivity index (χ4n) is 5.53. The van der Waals surface area contributed by atoms with Crippen LogP contribution in [0.5, 0.6) is 0 Å². The Labute approximate surface area is 224 Å². The van der Waals surface area contributed by atoms with E-state index in [2.05, 4.69) is 15.2 Å². The summed E-state index contributed by atoms with van der Waals surface area (Å²) in [7, 11) is 0. The zero-order chi connectivity index (χ0) is 27.1. The summed E-state index contributed by atoms with van der Waals surface area (Å²) in [5, 5.41) is 13.0. The predicted octanol–water partition coefficient (Wildman–Crippen LogP) is 3.37. The number of nitrogens with two attached hydrogens (primary N) is 1. The molecule has 39 heavy (non-hydrogen) atoms. The Balaban J connectivity index is 1.29. The number of aliphatic hydroxyl groups excluding tert-OH is 1. The number of benzene rings is 3. The van der Waals surface area contributed by atoms with E-state index in [1.807, 2.05) is 30.3 Å². The molecular formula is C30H28FN5O3. The van der Waals surface area contributed by atoms with Gasteiger partial charge in [-0.1, -0.05) is 42.5 Å². The van der Waals surface area contributed by atoms with Gasteiger partial charge in [0.1, 0.15) is 23.9 Å². The molecule has 1 aromatic heterocycles. The zero-order valence-corrected chi connectivity index (χ0v) is 21.2. The summed E-state index contributed by atoms with van der Waals surface area (Å²) in [5.74, 6) is -1.36. The number of carbonyl (C=O) groups excluding carboxylic acids is 2. The molecule has 6 rings (SSSR count). The summed E-state index contributed by atoms with van der Waals surface area (Å²) < 4.78 is 17.3. The van der Waals surface area contributed by atoms with Gasteiger partial charge in [0.05, 0.1) is 11.8 Å². The molecule has 2 atom stereocenters. The van der Waals surface area contributed by atoms with Crippen LogP contribution < -0.4 is 11.1 Å². The second-order valence-corrected chi connectivity index (χ2v) is 10.1. The molecule has 3 heterocycles. The van der Waals surface area contributed by atoms with E-state index in [1.54, 1.807) is 34.9 Å². The van der Waals surface area contributed by atoms with Crippen molar-refractivity contribution in [3.8, 4) is 16.8 Å². The fourth-order valence-corrected chi connectivity index (χ4v) is 5.53. The van der Waals surface area contributed by atoms with Crippen molar-refractivity contribution in [2.24, 2.45) is 5.73 Å². The lowest BCUT2D eigenvalue weighted by Gasteiger charge is -2.24. The highest BCUT2D eigenvalue weighted by Crippen LogP contribution is 2.32. The summed E-state index contributed by atoms with van der Waals surface area (Å²) >= 11 is 0. The van der Waals surface area contributed by atoms with Crippen LogP contribution in [0.1, 0.15) is 50.1 Å². The monoisotopic (exact) mass is 525 g/mol. The van der Waals surface area contributed by atoms with Gasteiger partial charge in [-0.05, 0) is 47.4 Å². The third-order valence-electron chi connectivity index (χ3n) is 7.50. The highest BCUT2D eigenvalue weighted by atomic mass is 19.1. The number of β-amino-alcohol motifs (C(OH)–C–C–N with tert-alkyl or cyclic N) is 1. The van der Waals surface area contributed by atoms with Crippen LogP contribution in [0.25, 0.3) is 16.8 Å². The number of hydrogen-bond donors (Lipinski definition) is 3. The van der Waals surface area contributed by atoms with Crippen molar-refractivity contribution in [1.82, 2.24) is 19.8 Å². The predicted molar refractivity (Wildman–Crippen MR) is 144 cm³/mol. The van der Waals surface area contributed by atoms with Crippen LogP contribution in [0.2, 0.25) is 0 Å². The first-order valence-electron chi connectivity index (χ1n) is 12.9. The molecule has 0 bridgehead atoms. The Kier molecular flexibility index (Phi) is 6.56. The minimum atomic E-state index is -0.886. The van der Waals surface area contributed by atoms with Crippen molar-refractivity contribution in [2.75, 3.05) is 13.1 Å². The molecule has 2 aliphatic rings. The summed E-state index contributed by atoms with van der Waals surface area (Å²) in [5.41, 5.74) is 10.2. The Bertz CT molecular complexity index is 1580. The minimum absolute atomic E-state index is 0.258. The standard InChI is InChI=1S/C30H28FN5O3/c31-25-13-18(23-7-2-1-4-20(23)15-35-11-10-22(37)16-35)8-9-24(25)27-29(38)28-26(14-33-27)34-17-36(28)21-6-3-5-19(12-21)30(32)39/h1-9,12-13,17,22,27,33,37H,10-11,14-16H2,(H2,32,39)/t22-,27?/m1/s1. The molecule has 198 valence electrons. The quantitative estimate of drug-likeness (QED) is 0.356. The molecule has 4 aromatic rings. The van der Waals surface area contributed by atoms with Crippen LogP contribution in [0, 0.1) is 5.82 Å². The molecule has 0 aliphatic carbocycles. The SMILES string of the molecule is NC(=O)c1cccc(-n2cnc3c2C(=O)C(c2ccc(-c4ccccc4CN4CC[C@@H](O)C4)cc2F)NC3)c1. The first kappa shape index (κ1) is 25.1. The number of amides is 1. The number of aromatic nitrogens is 2. The topological polar surface area (TPSA) is 113 Å². The number of fused-ring (bicyclic) bond motifs is 1. The van der Waals surface area contributed by atoms with E-state index in [4.69, 9.17) is 5.73 Å². The van der Waals surface area contributed by atoms with E-state index >= 15 is 4.39 Å². The van der Waals surface area contributed by atoms with E-state index in [0.717, 1.165) is 29.7 Å². The number of aliphatic hydroxyl groups is 1. The second kappa shape index (κ2) is 10.2. The van der Waals surface area contributed by atoms with Crippen molar-refractivity contribution in [3.05, 3.63) is 107 Å². The Morgan fingerprint density at radius 3 is 2.74 bits per heavy atom. The molecule has 4 N–H and O–H groups in total.